The number of benzene rings is 1. The van der Waals surface area contributed by atoms with Crippen molar-refractivity contribution in [3.8, 4) is 0 Å². The Morgan fingerprint density at radius 2 is 2.29 bits per heavy atom. The van der Waals surface area contributed by atoms with Crippen molar-refractivity contribution in [3.05, 3.63) is 33.9 Å². The number of halogens is 1. The SMILES string of the molecule is CC(=O)Nc1ccc(C(O)CCl)cc1[N+](=O)[O-]. The Hall–Kier alpha value is -1.66. The van der Waals surface area contributed by atoms with Gasteiger partial charge >= 0.3 is 0 Å². The summed E-state index contributed by atoms with van der Waals surface area (Å²) in [6, 6.07) is 4.04. The average molecular weight is 259 g/mol. The number of carbonyl (C=O) groups excluding carboxylic acids is 1. The number of anilines is 1. The molecule has 0 saturated heterocycles. The summed E-state index contributed by atoms with van der Waals surface area (Å²) in [7, 11) is 0. The molecular weight excluding hydrogens is 248 g/mol. The summed E-state index contributed by atoms with van der Waals surface area (Å²) >= 11 is 5.45. The van der Waals surface area contributed by atoms with Crippen LogP contribution >= 0.6 is 11.6 Å². The van der Waals surface area contributed by atoms with Crippen LogP contribution in [0.25, 0.3) is 0 Å². The molecule has 0 spiro atoms. The number of carbonyl (C=O) groups is 1. The first-order valence-corrected chi connectivity index (χ1v) is 5.29. The minimum absolute atomic E-state index is 0.0589. The van der Waals surface area contributed by atoms with E-state index in [0.717, 1.165) is 0 Å². The summed E-state index contributed by atoms with van der Waals surface area (Å²) in [5.41, 5.74) is 0.149. The number of hydrogen-bond acceptors (Lipinski definition) is 4. The van der Waals surface area contributed by atoms with E-state index in [9.17, 15) is 20.0 Å². The first kappa shape index (κ1) is 13.4. The Kier molecular flexibility index (Phi) is 4.42. The molecule has 0 heterocycles. The van der Waals surface area contributed by atoms with Crippen LogP contribution in [-0.4, -0.2) is 21.8 Å². The monoisotopic (exact) mass is 258 g/mol. The largest absolute Gasteiger partial charge is 0.387 e. The first-order chi connectivity index (χ1) is 7.95. The second-order valence-corrected chi connectivity index (χ2v) is 3.69. The minimum Gasteiger partial charge on any atom is -0.387 e. The van der Waals surface area contributed by atoms with Crippen molar-refractivity contribution in [2.24, 2.45) is 0 Å². The zero-order valence-electron chi connectivity index (χ0n) is 9.01. The molecule has 0 aliphatic rings. The van der Waals surface area contributed by atoms with Crippen LogP contribution < -0.4 is 5.32 Å². The van der Waals surface area contributed by atoms with Gasteiger partial charge in [0.05, 0.1) is 16.9 Å². The van der Waals surface area contributed by atoms with Crippen molar-refractivity contribution in [2.45, 2.75) is 13.0 Å². The fraction of sp³-hybridized carbons (Fsp3) is 0.300. The average Bonchev–Trinajstić information content (AvgIpc) is 2.27. The fourth-order valence-corrected chi connectivity index (χ4v) is 1.47. The molecule has 0 saturated carbocycles. The number of alkyl halides is 1. The van der Waals surface area contributed by atoms with E-state index in [1.54, 1.807) is 0 Å². The van der Waals surface area contributed by atoms with E-state index in [1.807, 2.05) is 0 Å². The molecule has 1 rings (SSSR count). The van der Waals surface area contributed by atoms with Gasteiger partial charge in [-0.25, -0.2) is 0 Å². The van der Waals surface area contributed by atoms with Gasteiger partial charge in [0.2, 0.25) is 5.91 Å². The molecule has 7 heteroatoms. The maximum atomic E-state index is 10.9. The zero-order chi connectivity index (χ0) is 13.0. The molecule has 17 heavy (non-hydrogen) atoms. The van der Waals surface area contributed by atoms with Gasteiger partial charge in [-0.2, -0.15) is 0 Å². The third-order valence-electron chi connectivity index (χ3n) is 2.06. The lowest BCUT2D eigenvalue weighted by atomic mass is 10.1. The summed E-state index contributed by atoms with van der Waals surface area (Å²) in [4.78, 5) is 21.0. The van der Waals surface area contributed by atoms with Crippen LogP contribution in [-0.2, 0) is 4.79 Å². The van der Waals surface area contributed by atoms with Gasteiger partial charge in [-0.3, -0.25) is 14.9 Å². The van der Waals surface area contributed by atoms with Crippen molar-refractivity contribution >= 4 is 28.9 Å². The number of nitro benzene ring substituents is 1. The third-order valence-corrected chi connectivity index (χ3v) is 2.35. The van der Waals surface area contributed by atoms with Gasteiger partial charge in [-0.05, 0) is 11.6 Å². The summed E-state index contributed by atoms with van der Waals surface area (Å²) in [5, 5.41) is 22.6. The maximum absolute atomic E-state index is 10.9. The topological polar surface area (TPSA) is 92.5 Å². The zero-order valence-corrected chi connectivity index (χ0v) is 9.77. The molecule has 1 aromatic carbocycles. The highest BCUT2D eigenvalue weighted by atomic mass is 35.5. The van der Waals surface area contributed by atoms with Crippen LogP contribution in [0.1, 0.15) is 18.6 Å². The lowest BCUT2D eigenvalue weighted by molar-refractivity contribution is -0.384. The second-order valence-electron chi connectivity index (χ2n) is 3.38. The molecule has 0 aromatic heterocycles. The van der Waals surface area contributed by atoms with Crippen molar-refractivity contribution in [3.63, 3.8) is 0 Å². The lowest BCUT2D eigenvalue weighted by Crippen LogP contribution is -2.09. The van der Waals surface area contributed by atoms with E-state index in [-0.39, 0.29) is 17.3 Å². The summed E-state index contributed by atoms with van der Waals surface area (Å²) < 4.78 is 0. The minimum atomic E-state index is -0.971. The predicted molar refractivity (Wildman–Crippen MR) is 63.1 cm³/mol. The fourth-order valence-electron chi connectivity index (χ4n) is 1.29. The Morgan fingerprint density at radius 3 is 2.76 bits per heavy atom. The van der Waals surface area contributed by atoms with Crippen LogP contribution in [0, 0.1) is 10.1 Å². The molecule has 0 radical (unpaired) electrons. The molecule has 0 fully saturated rings. The van der Waals surface area contributed by atoms with Crippen LogP contribution in [0.5, 0.6) is 0 Å². The van der Waals surface area contributed by atoms with Gasteiger partial charge in [-0.1, -0.05) is 6.07 Å². The van der Waals surface area contributed by atoms with Crippen LogP contribution in [0.2, 0.25) is 0 Å². The molecule has 1 unspecified atom stereocenters. The molecule has 92 valence electrons. The number of amides is 1. The number of nitro groups is 1. The highest BCUT2D eigenvalue weighted by Gasteiger charge is 2.18. The number of hydrogen-bond donors (Lipinski definition) is 2. The van der Waals surface area contributed by atoms with Crippen molar-refractivity contribution in [1.82, 2.24) is 0 Å². The molecule has 0 aliphatic heterocycles. The number of aliphatic hydroxyl groups is 1. The van der Waals surface area contributed by atoms with E-state index in [1.165, 1.54) is 25.1 Å². The van der Waals surface area contributed by atoms with Crippen molar-refractivity contribution < 1.29 is 14.8 Å². The summed E-state index contributed by atoms with van der Waals surface area (Å²) in [5.74, 6) is -0.463. The highest BCUT2D eigenvalue weighted by Crippen LogP contribution is 2.28. The van der Waals surface area contributed by atoms with Crippen LogP contribution in [0.3, 0.4) is 0 Å². The van der Waals surface area contributed by atoms with Gasteiger partial charge < -0.3 is 10.4 Å². The van der Waals surface area contributed by atoms with Gasteiger partial charge in [-0.15, -0.1) is 11.6 Å². The van der Waals surface area contributed by atoms with E-state index in [4.69, 9.17) is 11.6 Å². The third kappa shape index (κ3) is 3.40. The first-order valence-electron chi connectivity index (χ1n) is 4.75. The predicted octanol–water partition coefficient (Wildman–Crippen LogP) is 1.83. The molecule has 0 bridgehead atoms. The van der Waals surface area contributed by atoms with Gasteiger partial charge in [0, 0.05) is 13.0 Å². The molecule has 1 aromatic rings. The van der Waals surface area contributed by atoms with Crippen LogP contribution in [0.4, 0.5) is 11.4 Å². The number of rotatable bonds is 4. The van der Waals surface area contributed by atoms with Gasteiger partial charge in [0.15, 0.2) is 0 Å². The second kappa shape index (κ2) is 5.60. The van der Waals surface area contributed by atoms with Crippen LogP contribution in [0.15, 0.2) is 18.2 Å². The number of aliphatic hydroxyl groups excluding tert-OH is 1. The standard InChI is InChI=1S/C10H11ClN2O4/c1-6(14)12-8-3-2-7(10(15)5-11)4-9(8)13(16)17/h2-4,10,15H,5H2,1H3,(H,12,14). The normalized spacial score (nSPS) is 11.9. The smallest absolute Gasteiger partial charge is 0.293 e. The van der Waals surface area contributed by atoms with Gasteiger partial charge in [0.25, 0.3) is 5.69 Å². The molecule has 1 atom stereocenters. The van der Waals surface area contributed by atoms with Gasteiger partial charge in [0.1, 0.15) is 5.69 Å². The maximum Gasteiger partial charge on any atom is 0.293 e. The van der Waals surface area contributed by atoms with Crippen molar-refractivity contribution in [2.75, 3.05) is 11.2 Å². The Balaban J connectivity index is 3.17. The lowest BCUT2D eigenvalue weighted by Gasteiger charge is -2.09. The number of nitrogens with one attached hydrogen (secondary N) is 1. The summed E-state index contributed by atoms with van der Waals surface area (Å²) in [6.07, 6.45) is -0.971. The van der Waals surface area contributed by atoms with E-state index in [0.29, 0.717) is 5.56 Å². The molecule has 2 N–H and O–H groups in total. The van der Waals surface area contributed by atoms with E-state index in [2.05, 4.69) is 5.32 Å². The molecule has 0 aliphatic carbocycles. The molecule has 6 nitrogen and oxygen atoms in total. The number of nitrogens with zero attached hydrogens (tertiary/aromatic N) is 1. The Bertz CT molecular complexity index is 450. The Morgan fingerprint density at radius 1 is 1.65 bits per heavy atom. The van der Waals surface area contributed by atoms with E-state index < -0.39 is 16.9 Å². The van der Waals surface area contributed by atoms with Crippen molar-refractivity contribution in [1.29, 1.82) is 0 Å². The molecular formula is C10H11ClN2O4. The molecule has 1 amide bonds. The quantitative estimate of drug-likeness (QED) is 0.489. The summed E-state index contributed by atoms with van der Waals surface area (Å²) in [6.45, 7) is 1.26. The Labute approximate surface area is 102 Å². The highest BCUT2D eigenvalue weighted by molar-refractivity contribution is 6.18. The van der Waals surface area contributed by atoms with E-state index >= 15 is 0 Å².